The van der Waals surface area contributed by atoms with Crippen molar-refractivity contribution in [3.63, 3.8) is 0 Å². The molecule has 0 bridgehead atoms. The van der Waals surface area contributed by atoms with Gasteiger partial charge in [0, 0.05) is 35.6 Å². The monoisotopic (exact) mass is 490 g/mol. The zero-order valence-electron chi connectivity index (χ0n) is 17.8. The molecule has 0 fully saturated rings. The molecule has 34 heavy (non-hydrogen) atoms. The van der Waals surface area contributed by atoms with Crippen LogP contribution < -0.4 is 10.2 Å². The molecule has 2 heterocycles. The predicted molar refractivity (Wildman–Crippen MR) is 134 cm³/mol. The number of carbonyl (C=O) groups excluding carboxylic acids is 2. The van der Waals surface area contributed by atoms with Crippen molar-refractivity contribution in [1.29, 1.82) is 0 Å². The molecule has 1 aliphatic rings. The molecule has 10 heteroatoms. The van der Waals surface area contributed by atoms with Gasteiger partial charge < -0.3 is 10.2 Å². The Hall–Kier alpha value is -3.76. The molecule has 8 nitrogen and oxygen atoms in total. The van der Waals surface area contributed by atoms with Crippen LogP contribution in [0.15, 0.2) is 71.1 Å². The summed E-state index contributed by atoms with van der Waals surface area (Å²) in [5.41, 5.74) is 3.84. The van der Waals surface area contributed by atoms with Crippen LogP contribution in [0.3, 0.4) is 0 Å². The summed E-state index contributed by atoms with van der Waals surface area (Å²) >= 11 is 2.87. The van der Waals surface area contributed by atoms with Crippen molar-refractivity contribution < 1.29 is 14.5 Å². The molecule has 1 aromatic heterocycles. The number of benzene rings is 3. The Morgan fingerprint density at radius 2 is 1.91 bits per heavy atom. The van der Waals surface area contributed by atoms with Crippen molar-refractivity contribution in [1.82, 2.24) is 4.98 Å². The van der Waals surface area contributed by atoms with Gasteiger partial charge in [-0.15, -0.1) is 11.3 Å². The van der Waals surface area contributed by atoms with Gasteiger partial charge in [-0.25, -0.2) is 4.98 Å². The lowest BCUT2D eigenvalue weighted by Gasteiger charge is -2.16. The minimum atomic E-state index is -0.507. The third kappa shape index (κ3) is 4.50. The second kappa shape index (κ2) is 9.24. The number of aromatic nitrogens is 1. The van der Waals surface area contributed by atoms with Crippen LogP contribution in [0.4, 0.5) is 17.1 Å². The number of hydrogen-bond donors (Lipinski definition) is 1. The molecule has 0 unspecified atom stereocenters. The van der Waals surface area contributed by atoms with E-state index in [1.807, 2.05) is 35.2 Å². The fraction of sp³-hybridized carbons (Fsp3) is 0.125. The van der Waals surface area contributed by atoms with E-state index in [1.54, 1.807) is 6.07 Å². The van der Waals surface area contributed by atoms with Crippen LogP contribution in [-0.2, 0) is 11.2 Å². The van der Waals surface area contributed by atoms with E-state index in [0.29, 0.717) is 23.5 Å². The van der Waals surface area contributed by atoms with Gasteiger partial charge in [0.15, 0.2) is 4.34 Å². The summed E-state index contributed by atoms with van der Waals surface area (Å²) in [5.74, 6) is 0.00727. The topological polar surface area (TPSA) is 105 Å². The molecule has 0 saturated heterocycles. The molecular weight excluding hydrogens is 472 g/mol. The van der Waals surface area contributed by atoms with Crippen molar-refractivity contribution in [3.05, 3.63) is 88.0 Å². The van der Waals surface area contributed by atoms with Gasteiger partial charge in [-0.2, -0.15) is 0 Å². The fourth-order valence-electron chi connectivity index (χ4n) is 3.78. The van der Waals surface area contributed by atoms with Gasteiger partial charge >= 0.3 is 0 Å². The SMILES string of the molecule is O=C(Nc1ccc2nc(SCC(=O)N3CCc4ccccc43)sc2c1)c1ccc([N+](=O)[O-])cc1. The van der Waals surface area contributed by atoms with Gasteiger partial charge in [0.1, 0.15) is 0 Å². The minimum absolute atomic E-state index is 0.0604. The molecule has 0 spiro atoms. The molecule has 2 amide bonds. The van der Waals surface area contributed by atoms with Crippen molar-refractivity contribution >= 4 is 62.2 Å². The van der Waals surface area contributed by atoms with Gasteiger partial charge in [-0.1, -0.05) is 30.0 Å². The summed E-state index contributed by atoms with van der Waals surface area (Å²) in [4.78, 5) is 41.9. The standard InChI is InChI=1S/C24H18N4O4S2/c29-22(27-12-11-15-3-1-2-4-20(15)27)14-33-24-26-19-10-7-17(13-21(19)34-24)25-23(30)16-5-8-18(9-6-16)28(31)32/h1-10,13H,11-12,14H2,(H,25,30). The molecule has 3 aromatic carbocycles. The molecule has 0 radical (unpaired) electrons. The van der Waals surface area contributed by atoms with E-state index >= 15 is 0 Å². The van der Waals surface area contributed by atoms with E-state index in [-0.39, 0.29) is 17.5 Å². The van der Waals surface area contributed by atoms with Crippen LogP contribution in [-0.4, -0.2) is 34.0 Å². The summed E-state index contributed by atoms with van der Waals surface area (Å²) in [6, 6.07) is 18.8. The first-order chi connectivity index (χ1) is 16.5. The molecule has 0 atom stereocenters. The first-order valence-corrected chi connectivity index (χ1v) is 12.3. The number of nitrogens with one attached hydrogen (secondary N) is 1. The van der Waals surface area contributed by atoms with Crippen LogP contribution in [0.2, 0.25) is 0 Å². The van der Waals surface area contributed by atoms with E-state index in [2.05, 4.69) is 16.4 Å². The molecule has 5 rings (SSSR count). The number of nitrogens with zero attached hydrogens (tertiary/aromatic N) is 3. The second-order valence-electron chi connectivity index (χ2n) is 7.63. The maximum atomic E-state index is 12.8. The quantitative estimate of drug-likeness (QED) is 0.228. The third-order valence-electron chi connectivity index (χ3n) is 5.47. The highest BCUT2D eigenvalue weighted by atomic mass is 32.2. The Balaban J connectivity index is 1.23. The third-order valence-corrected chi connectivity index (χ3v) is 7.62. The number of amides is 2. The van der Waals surface area contributed by atoms with Gasteiger partial charge in [0.05, 0.1) is 20.9 Å². The number of thiazole rings is 1. The van der Waals surface area contributed by atoms with Crippen LogP contribution in [0.25, 0.3) is 10.2 Å². The van der Waals surface area contributed by atoms with E-state index < -0.39 is 4.92 Å². The number of carbonyl (C=O) groups is 2. The summed E-state index contributed by atoms with van der Waals surface area (Å²) in [7, 11) is 0. The summed E-state index contributed by atoms with van der Waals surface area (Å²) < 4.78 is 1.68. The molecular formula is C24H18N4O4S2. The van der Waals surface area contributed by atoms with Crippen molar-refractivity contribution in [2.75, 3.05) is 22.5 Å². The molecule has 4 aromatic rings. The van der Waals surface area contributed by atoms with Crippen LogP contribution in [0, 0.1) is 10.1 Å². The van der Waals surface area contributed by atoms with E-state index in [0.717, 1.165) is 26.7 Å². The van der Waals surface area contributed by atoms with Crippen LogP contribution in [0.1, 0.15) is 15.9 Å². The molecule has 170 valence electrons. The predicted octanol–water partition coefficient (Wildman–Crippen LogP) is 5.14. The smallest absolute Gasteiger partial charge is 0.269 e. The average molecular weight is 491 g/mol. The number of fused-ring (bicyclic) bond motifs is 2. The van der Waals surface area contributed by atoms with Gasteiger partial charge in [0.2, 0.25) is 5.91 Å². The fourth-order valence-corrected chi connectivity index (χ4v) is 5.76. The number of hydrogen-bond acceptors (Lipinski definition) is 7. The number of anilines is 2. The number of rotatable bonds is 6. The lowest BCUT2D eigenvalue weighted by atomic mass is 10.2. The number of para-hydroxylation sites is 1. The van der Waals surface area contributed by atoms with Crippen molar-refractivity contribution in [3.8, 4) is 0 Å². The van der Waals surface area contributed by atoms with Gasteiger partial charge in [-0.3, -0.25) is 19.7 Å². The van der Waals surface area contributed by atoms with Crippen LogP contribution >= 0.6 is 23.1 Å². The summed E-state index contributed by atoms with van der Waals surface area (Å²) in [6.45, 7) is 0.705. The van der Waals surface area contributed by atoms with Crippen molar-refractivity contribution in [2.24, 2.45) is 0 Å². The van der Waals surface area contributed by atoms with Crippen molar-refractivity contribution in [2.45, 2.75) is 10.8 Å². The Morgan fingerprint density at radius 3 is 2.71 bits per heavy atom. The molecule has 1 aliphatic heterocycles. The van der Waals surface area contributed by atoms with Crippen LogP contribution in [0.5, 0.6) is 0 Å². The van der Waals surface area contributed by atoms with Gasteiger partial charge in [0.25, 0.3) is 11.6 Å². The number of nitro groups is 1. The highest BCUT2D eigenvalue weighted by molar-refractivity contribution is 8.01. The molecule has 0 saturated carbocycles. The molecule has 0 aliphatic carbocycles. The Bertz CT molecular complexity index is 1420. The maximum Gasteiger partial charge on any atom is 0.269 e. The lowest BCUT2D eigenvalue weighted by molar-refractivity contribution is -0.384. The van der Waals surface area contributed by atoms with E-state index in [9.17, 15) is 19.7 Å². The average Bonchev–Trinajstić information content (AvgIpc) is 3.46. The molecule has 1 N–H and O–H groups in total. The number of non-ortho nitro benzene ring substituents is 1. The highest BCUT2D eigenvalue weighted by Crippen LogP contribution is 2.33. The summed E-state index contributed by atoms with van der Waals surface area (Å²) in [5, 5.41) is 13.6. The normalized spacial score (nSPS) is 12.5. The van der Waals surface area contributed by atoms with E-state index in [4.69, 9.17) is 0 Å². The minimum Gasteiger partial charge on any atom is -0.322 e. The lowest BCUT2D eigenvalue weighted by Crippen LogP contribution is -2.30. The van der Waals surface area contributed by atoms with E-state index in [1.165, 1.54) is 52.9 Å². The Kier molecular flexibility index (Phi) is 5.99. The maximum absolute atomic E-state index is 12.8. The number of thioether (sulfide) groups is 1. The largest absolute Gasteiger partial charge is 0.322 e. The number of nitro benzene ring substituents is 1. The first-order valence-electron chi connectivity index (χ1n) is 10.5. The zero-order chi connectivity index (χ0) is 23.7. The first kappa shape index (κ1) is 22.1. The zero-order valence-corrected chi connectivity index (χ0v) is 19.4. The second-order valence-corrected chi connectivity index (χ2v) is 9.89. The Morgan fingerprint density at radius 1 is 1.12 bits per heavy atom. The summed E-state index contributed by atoms with van der Waals surface area (Å²) in [6.07, 6.45) is 0.877. The highest BCUT2D eigenvalue weighted by Gasteiger charge is 2.24. The van der Waals surface area contributed by atoms with Gasteiger partial charge in [-0.05, 0) is 48.4 Å². The Labute approximate surface area is 202 Å².